The van der Waals surface area contributed by atoms with Crippen LogP contribution in [0, 0.1) is 0 Å². The highest BCUT2D eigenvalue weighted by atomic mass is 16.5. The molecule has 4 rings (SSSR count). The second-order valence-electron chi connectivity index (χ2n) is 6.88. The van der Waals surface area contributed by atoms with Crippen LogP contribution in [0.5, 0.6) is 17.2 Å². The largest absolute Gasteiger partial charge is 0.497 e. The lowest BCUT2D eigenvalue weighted by atomic mass is 9.94. The molecule has 0 saturated carbocycles. The van der Waals surface area contributed by atoms with Gasteiger partial charge in [-0.3, -0.25) is 4.79 Å². The van der Waals surface area contributed by atoms with Gasteiger partial charge in [0.05, 0.1) is 26.9 Å². The van der Waals surface area contributed by atoms with E-state index in [4.69, 9.17) is 14.2 Å². The lowest BCUT2D eigenvalue weighted by Gasteiger charge is -2.29. The minimum absolute atomic E-state index is 0.272. The number of methoxy groups -OCH3 is 3. The number of rotatable bonds is 6. The average Bonchev–Trinajstić information content (AvgIpc) is 3.26. The SMILES string of the molecule is COc1ccc(NC(=O)C2=C(C)Nc3ncnn3[C@H]2c2cc(OC)ccc2OC)cc1. The molecule has 0 spiro atoms. The molecule has 3 aromatic rings. The van der Waals surface area contributed by atoms with Crippen LogP contribution in [0.1, 0.15) is 18.5 Å². The van der Waals surface area contributed by atoms with Crippen molar-refractivity contribution in [3.8, 4) is 17.2 Å². The van der Waals surface area contributed by atoms with Crippen molar-refractivity contribution in [3.05, 3.63) is 65.6 Å². The van der Waals surface area contributed by atoms with E-state index in [1.165, 1.54) is 6.33 Å². The van der Waals surface area contributed by atoms with E-state index in [0.717, 1.165) is 5.56 Å². The average molecular weight is 421 g/mol. The Bertz CT molecular complexity index is 1140. The van der Waals surface area contributed by atoms with E-state index in [9.17, 15) is 4.79 Å². The smallest absolute Gasteiger partial charge is 0.255 e. The fourth-order valence-corrected chi connectivity index (χ4v) is 3.60. The maximum atomic E-state index is 13.4. The number of hydrogen-bond donors (Lipinski definition) is 2. The number of allylic oxidation sites excluding steroid dienone is 1. The number of carbonyl (C=O) groups is 1. The molecule has 0 aliphatic carbocycles. The van der Waals surface area contributed by atoms with Crippen molar-refractivity contribution in [2.24, 2.45) is 0 Å². The minimum Gasteiger partial charge on any atom is -0.497 e. The number of fused-ring (bicyclic) bond motifs is 1. The summed E-state index contributed by atoms with van der Waals surface area (Å²) in [5.41, 5.74) is 2.53. The summed E-state index contributed by atoms with van der Waals surface area (Å²) < 4.78 is 17.8. The number of anilines is 2. The summed E-state index contributed by atoms with van der Waals surface area (Å²) in [5.74, 6) is 2.22. The Hall–Kier alpha value is -4.01. The fourth-order valence-electron chi connectivity index (χ4n) is 3.60. The van der Waals surface area contributed by atoms with Gasteiger partial charge in [-0.05, 0) is 49.4 Å². The third-order valence-corrected chi connectivity index (χ3v) is 5.12. The first-order chi connectivity index (χ1) is 15.0. The lowest BCUT2D eigenvalue weighted by Crippen LogP contribution is -2.31. The number of benzene rings is 2. The van der Waals surface area contributed by atoms with Gasteiger partial charge in [-0.1, -0.05) is 0 Å². The zero-order valence-corrected chi connectivity index (χ0v) is 17.7. The first-order valence-corrected chi connectivity index (χ1v) is 9.60. The van der Waals surface area contributed by atoms with Crippen LogP contribution in [0.4, 0.5) is 11.6 Å². The van der Waals surface area contributed by atoms with Crippen molar-refractivity contribution in [2.45, 2.75) is 13.0 Å². The molecular formula is C22H23N5O4. The van der Waals surface area contributed by atoms with E-state index in [-0.39, 0.29) is 5.91 Å². The number of nitrogens with zero attached hydrogens (tertiary/aromatic N) is 3. The van der Waals surface area contributed by atoms with E-state index in [1.54, 1.807) is 62.4 Å². The third kappa shape index (κ3) is 3.77. The first-order valence-electron chi connectivity index (χ1n) is 9.60. The van der Waals surface area contributed by atoms with Crippen molar-refractivity contribution in [1.82, 2.24) is 14.8 Å². The molecule has 0 saturated heterocycles. The van der Waals surface area contributed by atoms with Crippen molar-refractivity contribution < 1.29 is 19.0 Å². The van der Waals surface area contributed by atoms with Gasteiger partial charge in [0, 0.05) is 16.9 Å². The molecule has 160 valence electrons. The Morgan fingerprint density at radius 1 is 1.03 bits per heavy atom. The van der Waals surface area contributed by atoms with Crippen LogP contribution in [-0.2, 0) is 4.79 Å². The Labute approximate surface area is 179 Å². The molecule has 9 nitrogen and oxygen atoms in total. The standard InChI is InChI=1S/C22H23N5O4/c1-13-19(21(28)26-14-5-7-15(29-2)8-6-14)20(27-22(25-13)23-12-24-27)17-11-16(30-3)9-10-18(17)31-4/h5-12,20H,1-4H3,(H,26,28)(H,23,24,25)/t20-/m0/s1. The Balaban J connectivity index is 1.78. The van der Waals surface area contributed by atoms with Gasteiger partial charge in [0.1, 0.15) is 29.6 Å². The molecule has 2 N–H and O–H groups in total. The molecule has 0 bridgehead atoms. The molecule has 0 radical (unpaired) electrons. The number of ether oxygens (including phenoxy) is 3. The second kappa shape index (κ2) is 8.39. The molecule has 2 aromatic carbocycles. The van der Waals surface area contributed by atoms with Crippen LogP contribution in [0.15, 0.2) is 60.1 Å². The number of carbonyl (C=O) groups excluding carboxylic acids is 1. The highest BCUT2D eigenvalue weighted by Gasteiger charge is 2.35. The van der Waals surface area contributed by atoms with Gasteiger partial charge in [0.25, 0.3) is 5.91 Å². The molecule has 1 aromatic heterocycles. The number of hydrogen-bond acceptors (Lipinski definition) is 7. The number of aromatic nitrogens is 3. The predicted molar refractivity (Wildman–Crippen MR) is 116 cm³/mol. The van der Waals surface area contributed by atoms with Crippen LogP contribution >= 0.6 is 0 Å². The summed E-state index contributed by atoms with van der Waals surface area (Å²) in [6.07, 6.45) is 1.44. The van der Waals surface area contributed by atoms with Gasteiger partial charge in [-0.25, -0.2) is 4.68 Å². The van der Waals surface area contributed by atoms with E-state index in [1.807, 2.05) is 13.0 Å². The summed E-state index contributed by atoms with van der Waals surface area (Å²) in [6.45, 7) is 1.83. The van der Waals surface area contributed by atoms with Gasteiger partial charge >= 0.3 is 0 Å². The molecule has 1 aliphatic rings. The van der Waals surface area contributed by atoms with Crippen LogP contribution in [-0.4, -0.2) is 42.0 Å². The molecular weight excluding hydrogens is 398 g/mol. The normalized spacial score (nSPS) is 15.0. The summed E-state index contributed by atoms with van der Waals surface area (Å²) in [7, 11) is 4.77. The highest BCUT2D eigenvalue weighted by Crippen LogP contribution is 2.40. The lowest BCUT2D eigenvalue weighted by molar-refractivity contribution is -0.113. The maximum absolute atomic E-state index is 13.4. The minimum atomic E-state index is -0.568. The van der Waals surface area contributed by atoms with Gasteiger partial charge in [0.2, 0.25) is 5.95 Å². The topological polar surface area (TPSA) is 99.5 Å². The quantitative estimate of drug-likeness (QED) is 0.630. The van der Waals surface area contributed by atoms with E-state index in [0.29, 0.717) is 40.2 Å². The maximum Gasteiger partial charge on any atom is 0.255 e. The molecule has 1 aliphatic heterocycles. The second-order valence-corrected chi connectivity index (χ2v) is 6.88. The zero-order chi connectivity index (χ0) is 22.0. The van der Waals surface area contributed by atoms with Crippen molar-refractivity contribution in [2.75, 3.05) is 32.0 Å². The predicted octanol–water partition coefficient (Wildman–Crippen LogP) is 3.23. The van der Waals surface area contributed by atoms with Gasteiger partial charge in [-0.2, -0.15) is 10.1 Å². The van der Waals surface area contributed by atoms with E-state index < -0.39 is 6.04 Å². The Morgan fingerprint density at radius 3 is 2.42 bits per heavy atom. The van der Waals surface area contributed by atoms with Crippen LogP contribution in [0.2, 0.25) is 0 Å². The Kier molecular flexibility index (Phi) is 5.48. The fraction of sp³-hybridized carbons (Fsp3) is 0.227. The van der Waals surface area contributed by atoms with Crippen molar-refractivity contribution >= 4 is 17.5 Å². The molecule has 9 heteroatoms. The van der Waals surface area contributed by atoms with Crippen LogP contribution in [0.3, 0.4) is 0 Å². The molecule has 1 atom stereocenters. The summed E-state index contributed by atoms with van der Waals surface area (Å²) >= 11 is 0. The zero-order valence-electron chi connectivity index (χ0n) is 17.7. The monoisotopic (exact) mass is 421 g/mol. The highest BCUT2D eigenvalue weighted by molar-refractivity contribution is 6.06. The Morgan fingerprint density at radius 2 is 1.74 bits per heavy atom. The third-order valence-electron chi connectivity index (χ3n) is 5.12. The first kappa shape index (κ1) is 20.3. The number of amides is 1. The molecule has 0 fully saturated rings. The van der Waals surface area contributed by atoms with Gasteiger partial charge in [-0.15, -0.1) is 0 Å². The van der Waals surface area contributed by atoms with Gasteiger partial charge in [0.15, 0.2) is 0 Å². The van der Waals surface area contributed by atoms with E-state index >= 15 is 0 Å². The number of nitrogens with one attached hydrogen (secondary N) is 2. The summed E-state index contributed by atoms with van der Waals surface area (Å²) in [4.78, 5) is 17.7. The molecule has 0 unspecified atom stereocenters. The van der Waals surface area contributed by atoms with Crippen molar-refractivity contribution in [1.29, 1.82) is 0 Å². The van der Waals surface area contributed by atoms with Gasteiger partial charge < -0.3 is 24.8 Å². The van der Waals surface area contributed by atoms with Crippen LogP contribution in [0.25, 0.3) is 0 Å². The summed E-state index contributed by atoms with van der Waals surface area (Å²) in [6, 6.07) is 12.0. The molecule has 1 amide bonds. The molecule has 31 heavy (non-hydrogen) atoms. The molecule has 2 heterocycles. The van der Waals surface area contributed by atoms with E-state index in [2.05, 4.69) is 20.7 Å². The van der Waals surface area contributed by atoms with Crippen molar-refractivity contribution in [3.63, 3.8) is 0 Å². The summed E-state index contributed by atoms with van der Waals surface area (Å²) in [5, 5.41) is 10.5. The van der Waals surface area contributed by atoms with Crippen LogP contribution < -0.4 is 24.8 Å².